The van der Waals surface area contributed by atoms with Gasteiger partial charge in [-0.15, -0.1) is 0 Å². The summed E-state index contributed by atoms with van der Waals surface area (Å²) in [6, 6.07) is 9.96. The maximum Gasteiger partial charge on any atom is 0.136 e. The molecule has 0 fully saturated rings. The Morgan fingerprint density at radius 2 is 2.07 bits per heavy atom. The summed E-state index contributed by atoms with van der Waals surface area (Å²) in [5, 5.41) is 0. The fourth-order valence-corrected chi connectivity index (χ4v) is 1.30. The molecule has 0 spiro atoms. The topological polar surface area (TPSA) is 9.23 Å². The van der Waals surface area contributed by atoms with E-state index >= 15 is 0 Å². The summed E-state index contributed by atoms with van der Waals surface area (Å²) >= 11 is 0. The van der Waals surface area contributed by atoms with Crippen LogP contribution in [-0.2, 0) is 4.74 Å². The Morgan fingerprint density at radius 3 is 2.79 bits per heavy atom. The molecule has 0 amide bonds. The number of hydrogen-bond acceptors (Lipinski definition) is 1. The van der Waals surface area contributed by atoms with Gasteiger partial charge in [-0.1, -0.05) is 36.1 Å². The second kappa shape index (κ2) is 4.64. The minimum atomic E-state index is -0.0241. The Hall–Kier alpha value is -1.52. The Kier molecular flexibility index (Phi) is 3.00. The van der Waals surface area contributed by atoms with Gasteiger partial charge >= 0.3 is 0 Å². The van der Waals surface area contributed by atoms with E-state index in [-0.39, 0.29) is 6.10 Å². The molecular formula is C13H12O. The predicted molar refractivity (Wildman–Crippen MR) is 56.8 cm³/mol. The lowest BCUT2D eigenvalue weighted by Gasteiger charge is -2.10. The molecule has 1 unspecified atom stereocenters. The molecule has 1 atom stereocenters. The van der Waals surface area contributed by atoms with Crippen LogP contribution in [0.25, 0.3) is 0 Å². The Bertz CT molecular complexity index is 367. The van der Waals surface area contributed by atoms with Crippen molar-refractivity contribution in [2.45, 2.75) is 12.5 Å². The van der Waals surface area contributed by atoms with Crippen molar-refractivity contribution >= 4 is 0 Å². The molecule has 70 valence electrons. The van der Waals surface area contributed by atoms with Crippen LogP contribution in [0.5, 0.6) is 0 Å². The number of benzene rings is 1. The quantitative estimate of drug-likeness (QED) is 0.444. The molecule has 1 heterocycles. The molecule has 1 heteroatoms. The number of rotatable bonds is 0. The van der Waals surface area contributed by atoms with Crippen molar-refractivity contribution in [3.05, 3.63) is 48.0 Å². The third kappa shape index (κ3) is 2.48. The molecule has 0 bridgehead atoms. The van der Waals surface area contributed by atoms with Gasteiger partial charge in [0.2, 0.25) is 0 Å². The minimum absolute atomic E-state index is 0.0241. The van der Waals surface area contributed by atoms with Crippen LogP contribution in [0.3, 0.4) is 0 Å². The van der Waals surface area contributed by atoms with Gasteiger partial charge in [0.15, 0.2) is 0 Å². The summed E-state index contributed by atoms with van der Waals surface area (Å²) in [7, 11) is 0. The monoisotopic (exact) mass is 184 g/mol. The van der Waals surface area contributed by atoms with E-state index in [9.17, 15) is 0 Å². The SMILES string of the molecule is C(#CC1C=CCCO1)c1ccccc1. The lowest BCUT2D eigenvalue weighted by atomic mass is 10.2. The Morgan fingerprint density at radius 1 is 1.21 bits per heavy atom. The third-order valence-corrected chi connectivity index (χ3v) is 2.03. The van der Waals surface area contributed by atoms with Gasteiger partial charge in [-0.2, -0.15) is 0 Å². The van der Waals surface area contributed by atoms with E-state index in [0.717, 1.165) is 18.6 Å². The van der Waals surface area contributed by atoms with Crippen LogP contribution < -0.4 is 0 Å². The first kappa shape index (κ1) is 9.05. The lowest BCUT2D eigenvalue weighted by Crippen LogP contribution is -2.11. The van der Waals surface area contributed by atoms with Gasteiger partial charge in [-0.3, -0.25) is 0 Å². The van der Waals surface area contributed by atoms with Crippen LogP contribution >= 0.6 is 0 Å². The average molecular weight is 184 g/mol. The first-order chi connectivity index (χ1) is 6.95. The number of ether oxygens (including phenoxy) is 1. The Labute approximate surface area is 84.4 Å². The minimum Gasteiger partial charge on any atom is -0.361 e. The molecular weight excluding hydrogens is 172 g/mol. The summed E-state index contributed by atoms with van der Waals surface area (Å²) in [6.07, 6.45) is 5.11. The average Bonchev–Trinajstić information content (AvgIpc) is 2.29. The van der Waals surface area contributed by atoms with E-state index in [1.807, 2.05) is 36.4 Å². The molecule has 1 aliphatic rings. The molecule has 0 saturated heterocycles. The zero-order chi connectivity index (χ0) is 9.64. The van der Waals surface area contributed by atoms with Gasteiger partial charge in [-0.25, -0.2) is 0 Å². The molecule has 1 aromatic rings. The first-order valence-corrected chi connectivity index (χ1v) is 4.80. The molecule has 14 heavy (non-hydrogen) atoms. The highest BCUT2D eigenvalue weighted by molar-refractivity contribution is 5.35. The third-order valence-electron chi connectivity index (χ3n) is 2.03. The van der Waals surface area contributed by atoms with Gasteiger partial charge in [0.1, 0.15) is 6.10 Å². The molecule has 0 N–H and O–H groups in total. The van der Waals surface area contributed by atoms with Crippen molar-refractivity contribution in [3.63, 3.8) is 0 Å². The molecule has 0 radical (unpaired) electrons. The molecule has 1 nitrogen and oxygen atoms in total. The van der Waals surface area contributed by atoms with Crippen LogP contribution in [0.4, 0.5) is 0 Å². The van der Waals surface area contributed by atoms with Crippen LogP contribution in [0, 0.1) is 11.8 Å². The summed E-state index contributed by atoms with van der Waals surface area (Å²) in [5.41, 5.74) is 1.04. The van der Waals surface area contributed by atoms with Crippen LogP contribution in [0.1, 0.15) is 12.0 Å². The summed E-state index contributed by atoms with van der Waals surface area (Å²) < 4.78 is 5.44. The van der Waals surface area contributed by atoms with Crippen molar-refractivity contribution in [1.82, 2.24) is 0 Å². The molecule has 1 aliphatic heterocycles. The summed E-state index contributed by atoms with van der Waals surface area (Å²) in [5.74, 6) is 6.17. The molecule has 0 aliphatic carbocycles. The zero-order valence-electron chi connectivity index (χ0n) is 7.94. The van der Waals surface area contributed by atoms with Crippen molar-refractivity contribution in [2.24, 2.45) is 0 Å². The van der Waals surface area contributed by atoms with Crippen molar-refractivity contribution < 1.29 is 4.74 Å². The summed E-state index contributed by atoms with van der Waals surface area (Å²) in [6.45, 7) is 0.782. The number of hydrogen-bond donors (Lipinski definition) is 0. The van der Waals surface area contributed by atoms with Crippen molar-refractivity contribution in [3.8, 4) is 11.8 Å². The maximum absolute atomic E-state index is 5.44. The highest BCUT2D eigenvalue weighted by Crippen LogP contribution is 2.03. The normalized spacial score (nSPS) is 19.9. The van der Waals surface area contributed by atoms with Gasteiger partial charge in [-0.05, 0) is 24.6 Å². The highest BCUT2D eigenvalue weighted by Gasteiger charge is 2.02. The van der Waals surface area contributed by atoms with Gasteiger partial charge < -0.3 is 4.74 Å². The maximum atomic E-state index is 5.44. The van der Waals surface area contributed by atoms with Gasteiger partial charge in [0.25, 0.3) is 0 Å². The second-order valence-electron chi connectivity index (χ2n) is 3.14. The lowest BCUT2D eigenvalue weighted by molar-refractivity contribution is 0.116. The van der Waals surface area contributed by atoms with E-state index in [1.165, 1.54) is 0 Å². The largest absolute Gasteiger partial charge is 0.361 e. The zero-order valence-corrected chi connectivity index (χ0v) is 7.94. The van der Waals surface area contributed by atoms with E-state index in [0.29, 0.717) is 0 Å². The van der Waals surface area contributed by atoms with Crippen molar-refractivity contribution in [1.29, 1.82) is 0 Å². The standard InChI is InChI=1S/C13H12O/c1-2-6-12(7-3-1)9-10-13-8-4-5-11-14-13/h1-4,6-8,13H,5,11H2. The fourth-order valence-electron chi connectivity index (χ4n) is 1.30. The van der Waals surface area contributed by atoms with Crippen LogP contribution in [-0.4, -0.2) is 12.7 Å². The fraction of sp³-hybridized carbons (Fsp3) is 0.231. The van der Waals surface area contributed by atoms with E-state index < -0.39 is 0 Å². The predicted octanol–water partition coefficient (Wildman–Crippen LogP) is 2.38. The Balaban J connectivity index is 2.06. The highest BCUT2D eigenvalue weighted by atomic mass is 16.5. The van der Waals surface area contributed by atoms with Crippen molar-refractivity contribution in [2.75, 3.05) is 6.61 Å². The van der Waals surface area contributed by atoms with E-state index in [1.54, 1.807) is 0 Å². The molecule has 2 rings (SSSR count). The first-order valence-electron chi connectivity index (χ1n) is 4.80. The van der Waals surface area contributed by atoms with Gasteiger partial charge in [0, 0.05) is 5.56 Å². The summed E-state index contributed by atoms with van der Waals surface area (Å²) in [4.78, 5) is 0. The van der Waals surface area contributed by atoms with Crippen LogP contribution in [0.15, 0.2) is 42.5 Å². The van der Waals surface area contributed by atoms with E-state index in [2.05, 4.69) is 17.9 Å². The van der Waals surface area contributed by atoms with Crippen LogP contribution in [0.2, 0.25) is 0 Å². The second-order valence-corrected chi connectivity index (χ2v) is 3.14. The smallest absolute Gasteiger partial charge is 0.136 e. The van der Waals surface area contributed by atoms with E-state index in [4.69, 9.17) is 4.74 Å². The molecule has 0 aromatic heterocycles. The molecule has 0 saturated carbocycles. The van der Waals surface area contributed by atoms with Gasteiger partial charge in [0.05, 0.1) is 6.61 Å². The molecule has 1 aromatic carbocycles.